The fourth-order valence-electron chi connectivity index (χ4n) is 1.04. The average Bonchev–Trinajstić information content (AvgIpc) is 2.21. The maximum atomic E-state index is 11.5. The Morgan fingerprint density at radius 1 is 1.19 bits per heavy atom. The van der Waals surface area contributed by atoms with Gasteiger partial charge >= 0.3 is 6.03 Å². The highest BCUT2D eigenvalue weighted by molar-refractivity contribution is 5.90. The Morgan fingerprint density at radius 3 is 2.25 bits per heavy atom. The topological polar surface area (TPSA) is 41.1 Å². The number of amides is 2. The fraction of sp³-hybridized carbons (Fsp3) is 0.154. The van der Waals surface area contributed by atoms with Crippen molar-refractivity contribution in [3.05, 3.63) is 54.3 Å². The number of aryl methyl sites for hydroxylation is 1. The van der Waals surface area contributed by atoms with E-state index >= 15 is 0 Å². The normalized spacial score (nSPS) is 9.38. The third kappa shape index (κ3) is 3.61. The molecule has 0 saturated heterocycles. The van der Waals surface area contributed by atoms with Crippen LogP contribution >= 0.6 is 0 Å². The van der Waals surface area contributed by atoms with Gasteiger partial charge in [-0.25, -0.2) is 4.79 Å². The Hall–Kier alpha value is -2.03. The van der Waals surface area contributed by atoms with Crippen molar-refractivity contribution >= 4 is 11.7 Å². The van der Waals surface area contributed by atoms with Crippen LogP contribution in [0.2, 0.25) is 0 Å². The summed E-state index contributed by atoms with van der Waals surface area (Å²) in [5.41, 5.74) is 3.15. The van der Waals surface area contributed by atoms with Crippen LogP contribution in [-0.2, 0) is 0 Å². The van der Waals surface area contributed by atoms with E-state index in [1.54, 1.807) is 6.92 Å². The SMILES string of the molecule is C=C(C)C(=C)NC(=O)Nc1ccc(C)cc1. The second kappa shape index (κ2) is 5.16. The van der Waals surface area contributed by atoms with Crippen LogP contribution in [-0.4, -0.2) is 6.03 Å². The lowest BCUT2D eigenvalue weighted by atomic mass is 10.2. The summed E-state index contributed by atoms with van der Waals surface area (Å²) in [6.45, 7) is 11.1. The molecule has 0 aliphatic carbocycles. The van der Waals surface area contributed by atoms with E-state index in [2.05, 4.69) is 23.8 Å². The summed E-state index contributed by atoms with van der Waals surface area (Å²) in [6, 6.07) is 7.25. The van der Waals surface area contributed by atoms with Crippen molar-refractivity contribution in [1.29, 1.82) is 0 Å². The van der Waals surface area contributed by atoms with Crippen LogP contribution in [0.15, 0.2) is 48.7 Å². The van der Waals surface area contributed by atoms with E-state index in [1.165, 1.54) is 0 Å². The smallest absolute Gasteiger partial charge is 0.308 e. The number of rotatable bonds is 3. The first-order chi connectivity index (χ1) is 7.49. The van der Waals surface area contributed by atoms with Gasteiger partial charge in [-0.2, -0.15) is 0 Å². The molecule has 2 N–H and O–H groups in total. The van der Waals surface area contributed by atoms with E-state index in [0.717, 1.165) is 16.8 Å². The molecule has 84 valence electrons. The number of urea groups is 1. The summed E-state index contributed by atoms with van der Waals surface area (Å²) >= 11 is 0. The minimum atomic E-state index is -0.308. The Labute approximate surface area is 95.9 Å². The predicted octanol–water partition coefficient (Wildman–Crippen LogP) is 3.21. The Morgan fingerprint density at radius 2 is 1.75 bits per heavy atom. The molecule has 0 spiro atoms. The molecule has 0 saturated carbocycles. The van der Waals surface area contributed by atoms with Crippen molar-refractivity contribution in [2.45, 2.75) is 13.8 Å². The zero-order valence-corrected chi connectivity index (χ0v) is 9.63. The maximum Gasteiger partial charge on any atom is 0.323 e. The van der Waals surface area contributed by atoms with Gasteiger partial charge in [-0.1, -0.05) is 30.9 Å². The van der Waals surface area contributed by atoms with Crippen LogP contribution in [0.25, 0.3) is 0 Å². The lowest BCUT2D eigenvalue weighted by Crippen LogP contribution is -2.27. The third-order valence-corrected chi connectivity index (χ3v) is 2.09. The number of carbonyl (C=O) groups excluding carboxylic acids is 1. The van der Waals surface area contributed by atoms with Gasteiger partial charge in [0.1, 0.15) is 0 Å². The number of nitrogens with one attached hydrogen (secondary N) is 2. The van der Waals surface area contributed by atoms with Crippen molar-refractivity contribution in [3.8, 4) is 0 Å². The molecular weight excluding hydrogens is 200 g/mol. The lowest BCUT2D eigenvalue weighted by molar-refractivity contribution is 0.254. The summed E-state index contributed by atoms with van der Waals surface area (Å²) in [6.07, 6.45) is 0. The van der Waals surface area contributed by atoms with Crippen LogP contribution in [0.5, 0.6) is 0 Å². The predicted molar refractivity (Wildman–Crippen MR) is 67.3 cm³/mol. The minimum absolute atomic E-state index is 0.308. The van der Waals surface area contributed by atoms with Gasteiger partial charge in [-0.3, -0.25) is 0 Å². The second-order valence-corrected chi connectivity index (χ2v) is 3.70. The van der Waals surface area contributed by atoms with Crippen LogP contribution in [0.4, 0.5) is 10.5 Å². The van der Waals surface area contributed by atoms with Crippen molar-refractivity contribution < 1.29 is 4.79 Å². The fourth-order valence-corrected chi connectivity index (χ4v) is 1.04. The maximum absolute atomic E-state index is 11.5. The van der Waals surface area contributed by atoms with Gasteiger partial charge in [0.15, 0.2) is 0 Å². The van der Waals surface area contributed by atoms with Gasteiger partial charge in [-0.05, 0) is 31.6 Å². The molecule has 16 heavy (non-hydrogen) atoms. The molecule has 1 aromatic rings. The van der Waals surface area contributed by atoms with Crippen molar-refractivity contribution in [1.82, 2.24) is 5.32 Å². The third-order valence-electron chi connectivity index (χ3n) is 2.09. The van der Waals surface area contributed by atoms with Crippen LogP contribution in [0, 0.1) is 6.92 Å². The molecule has 0 heterocycles. The summed E-state index contributed by atoms with van der Waals surface area (Å²) in [5, 5.41) is 5.30. The van der Waals surface area contributed by atoms with E-state index in [0.29, 0.717) is 5.70 Å². The Balaban J connectivity index is 2.55. The van der Waals surface area contributed by atoms with E-state index in [1.807, 2.05) is 31.2 Å². The monoisotopic (exact) mass is 216 g/mol. The molecule has 1 rings (SSSR count). The molecule has 2 amide bonds. The molecule has 0 fully saturated rings. The zero-order chi connectivity index (χ0) is 12.1. The second-order valence-electron chi connectivity index (χ2n) is 3.70. The molecule has 0 bridgehead atoms. The molecule has 0 aromatic heterocycles. The number of hydrogen-bond donors (Lipinski definition) is 2. The number of allylic oxidation sites excluding steroid dienone is 1. The molecule has 3 nitrogen and oxygen atoms in total. The van der Waals surface area contributed by atoms with E-state index < -0.39 is 0 Å². The van der Waals surface area contributed by atoms with Crippen LogP contribution < -0.4 is 10.6 Å². The molecule has 0 radical (unpaired) electrons. The molecule has 0 atom stereocenters. The minimum Gasteiger partial charge on any atom is -0.308 e. The largest absolute Gasteiger partial charge is 0.323 e. The first kappa shape index (κ1) is 12.0. The molecule has 1 aromatic carbocycles. The Kier molecular flexibility index (Phi) is 3.89. The average molecular weight is 216 g/mol. The van der Waals surface area contributed by atoms with Gasteiger partial charge < -0.3 is 10.6 Å². The van der Waals surface area contributed by atoms with Gasteiger partial charge in [-0.15, -0.1) is 0 Å². The molecular formula is C13H16N2O. The molecule has 3 heteroatoms. The quantitative estimate of drug-likeness (QED) is 0.748. The van der Waals surface area contributed by atoms with Crippen molar-refractivity contribution in [2.24, 2.45) is 0 Å². The van der Waals surface area contributed by atoms with Crippen LogP contribution in [0.3, 0.4) is 0 Å². The lowest BCUT2D eigenvalue weighted by Gasteiger charge is -2.09. The molecule has 0 aliphatic heterocycles. The first-order valence-electron chi connectivity index (χ1n) is 4.98. The molecule has 0 unspecified atom stereocenters. The number of benzene rings is 1. The van der Waals surface area contributed by atoms with Gasteiger partial charge in [0.05, 0.1) is 0 Å². The number of hydrogen-bond acceptors (Lipinski definition) is 1. The highest BCUT2D eigenvalue weighted by Gasteiger charge is 2.03. The Bertz CT molecular complexity index is 418. The highest BCUT2D eigenvalue weighted by atomic mass is 16.2. The first-order valence-corrected chi connectivity index (χ1v) is 4.98. The number of anilines is 1. The van der Waals surface area contributed by atoms with E-state index in [-0.39, 0.29) is 6.03 Å². The van der Waals surface area contributed by atoms with Gasteiger partial charge in [0.25, 0.3) is 0 Å². The van der Waals surface area contributed by atoms with Gasteiger partial charge in [0.2, 0.25) is 0 Å². The zero-order valence-electron chi connectivity index (χ0n) is 9.63. The summed E-state index contributed by atoms with van der Waals surface area (Å²) in [7, 11) is 0. The van der Waals surface area contributed by atoms with E-state index in [4.69, 9.17) is 0 Å². The summed E-state index contributed by atoms with van der Waals surface area (Å²) < 4.78 is 0. The van der Waals surface area contributed by atoms with Crippen LogP contribution in [0.1, 0.15) is 12.5 Å². The summed E-state index contributed by atoms with van der Waals surface area (Å²) in [4.78, 5) is 11.5. The van der Waals surface area contributed by atoms with E-state index in [9.17, 15) is 4.79 Å². The standard InChI is InChI=1S/C13H16N2O/c1-9(2)11(4)14-13(16)15-12-7-5-10(3)6-8-12/h5-8H,1,4H2,2-3H3,(H2,14,15,16). The van der Waals surface area contributed by atoms with Crippen molar-refractivity contribution in [2.75, 3.05) is 5.32 Å². The molecule has 0 aliphatic rings. The number of carbonyl (C=O) groups is 1. The highest BCUT2D eigenvalue weighted by Crippen LogP contribution is 2.08. The summed E-state index contributed by atoms with van der Waals surface area (Å²) in [5.74, 6) is 0. The van der Waals surface area contributed by atoms with Gasteiger partial charge in [0, 0.05) is 11.4 Å². The van der Waals surface area contributed by atoms with Crippen molar-refractivity contribution in [3.63, 3.8) is 0 Å².